The van der Waals surface area contributed by atoms with E-state index in [-0.39, 0.29) is 0 Å². The molecule has 19 heavy (non-hydrogen) atoms. The van der Waals surface area contributed by atoms with Gasteiger partial charge in [-0.3, -0.25) is 4.68 Å². The lowest BCUT2D eigenvalue weighted by molar-refractivity contribution is 0.392. The van der Waals surface area contributed by atoms with E-state index in [4.69, 9.17) is 0 Å². The molecule has 4 unspecified atom stereocenters. The summed E-state index contributed by atoms with van der Waals surface area (Å²) in [5.41, 5.74) is 3.82. The van der Waals surface area contributed by atoms with Crippen LogP contribution in [0, 0.1) is 31.6 Å². The predicted molar refractivity (Wildman–Crippen MR) is 77.9 cm³/mol. The predicted octanol–water partition coefficient (Wildman–Crippen LogP) is 2.90. The van der Waals surface area contributed by atoms with Gasteiger partial charge in [0.25, 0.3) is 0 Å². The van der Waals surface area contributed by atoms with Crippen LogP contribution in [-0.4, -0.2) is 16.3 Å². The van der Waals surface area contributed by atoms with Gasteiger partial charge in [-0.2, -0.15) is 5.10 Å². The molecule has 2 bridgehead atoms. The topological polar surface area (TPSA) is 29.9 Å². The molecule has 0 spiro atoms. The van der Waals surface area contributed by atoms with Crippen LogP contribution in [0.5, 0.6) is 0 Å². The molecule has 0 aliphatic heterocycles. The van der Waals surface area contributed by atoms with Crippen molar-refractivity contribution in [3.8, 4) is 0 Å². The van der Waals surface area contributed by atoms with E-state index in [0.717, 1.165) is 30.0 Å². The molecule has 1 saturated carbocycles. The number of nitrogens with zero attached hydrogens (tertiary/aromatic N) is 2. The zero-order chi connectivity index (χ0) is 13.6. The van der Waals surface area contributed by atoms with Gasteiger partial charge >= 0.3 is 0 Å². The standard InChI is InChI=1S/C16H25N3/c1-10(16-11(2)18-19(4)12(16)3)17-9-15-8-13-5-6-14(15)7-13/h5-6,10,13-15,17H,7-9H2,1-4H3. The molecule has 0 amide bonds. The van der Waals surface area contributed by atoms with E-state index in [2.05, 4.69) is 43.3 Å². The Labute approximate surface area is 116 Å². The summed E-state index contributed by atoms with van der Waals surface area (Å²) in [7, 11) is 2.03. The molecule has 0 radical (unpaired) electrons. The van der Waals surface area contributed by atoms with Crippen LogP contribution >= 0.6 is 0 Å². The average molecular weight is 259 g/mol. The third-order valence-corrected chi connectivity index (χ3v) is 5.10. The molecule has 0 aromatic carbocycles. The summed E-state index contributed by atoms with van der Waals surface area (Å²) >= 11 is 0. The van der Waals surface area contributed by atoms with E-state index >= 15 is 0 Å². The maximum atomic E-state index is 4.52. The Hall–Kier alpha value is -1.09. The first-order valence-corrected chi connectivity index (χ1v) is 7.48. The molecule has 3 heteroatoms. The molecule has 104 valence electrons. The Balaban J connectivity index is 1.62. The highest BCUT2D eigenvalue weighted by Gasteiger charge is 2.35. The van der Waals surface area contributed by atoms with Gasteiger partial charge in [-0.25, -0.2) is 0 Å². The van der Waals surface area contributed by atoms with Gasteiger partial charge in [-0.15, -0.1) is 0 Å². The number of hydrogen-bond acceptors (Lipinski definition) is 2. The maximum Gasteiger partial charge on any atom is 0.0644 e. The summed E-state index contributed by atoms with van der Waals surface area (Å²) in [6.45, 7) is 7.68. The van der Waals surface area contributed by atoms with Crippen LogP contribution in [-0.2, 0) is 7.05 Å². The first-order chi connectivity index (χ1) is 9.06. The third-order valence-electron chi connectivity index (χ3n) is 5.10. The van der Waals surface area contributed by atoms with Crippen molar-refractivity contribution in [1.29, 1.82) is 0 Å². The molecule has 1 heterocycles. The summed E-state index contributed by atoms with van der Waals surface area (Å²) in [4.78, 5) is 0. The molecule has 3 rings (SSSR count). The van der Waals surface area contributed by atoms with Gasteiger partial charge in [-0.05, 0) is 57.9 Å². The van der Waals surface area contributed by atoms with E-state index in [0.29, 0.717) is 6.04 Å². The highest BCUT2D eigenvalue weighted by atomic mass is 15.3. The van der Waals surface area contributed by atoms with E-state index < -0.39 is 0 Å². The van der Waals surface area contributed by atoms with Gasteiger partial charge in [0.2, 0.25) is 0 Å². The zero-order valence-electron chi connectivity index (χ0n) is 12.5. The summed E-state index contributed by atoms with van der Waals surface area (Å²) < 4.78 is 1.99. The summed E-state index contributed by atoms with van der Waals surface area (Å²) in [5, 5.41) is 8.25. The van der Waals surface area contributed by atoms with E-state index in [1.165, 1.54) is 24.1 Å². The fraction of sp³-hybridized carbons (Fsp3) is 0.688. The molecule has 2 aliphatic rings. The van der Waals surface area contributed by atoms with Gasteiger partial charge in [0.05, 0.1) is 5.69 Å². The Morgan fingerprint density at radius 2 is 2.16 bits per heavy atom. The van der Waals surface area contributed by atoms with Crippen molar-refractivity contribution in [2.75, 3.05) is 6.54 Å². The molecule has 1 aromatic rings. The van der Waals surface area contributed by atoms with Crippen molar-refractivity contribution in [2.24, 2.45) is 24.8 Å². The van der Waals surface area contributed by atoms with Gasteiger partial charge in [0.1, 0.15) is 0 Å². The Morgan fingerprint density at radius 3 is 2.68 bits per heavy atom. The molecule has 4 atom stereocenters. The second kappa shape index (κ2) is 4.78. The van der Waals surface area contributed by atoms with Crippen LogP contribution in [0.25, 0.3) is 0 Å². The zero-order valence-corrected chi connectivity index (χ0v) is 12.5. The molecule has 3 nitrogen and oxygen atoms in total. The van der Waals surface area contributed by atoms with Crippen LogP contribution in [0.1, 0.15) is 42.8 Å². The van der Waals surface area contributed by atoms with E-state index in [9.17, 15) is 0 Å². The van der Waals surface area contributed by atoms with Crippen LogP contribution in [0.3, 0.4) is 0 Å². The lowest BCUT2D eigenvalue weighted by atomic mass is 9.93. The van der Waals surface area contributed by atoms with Crippen LogP contribution in [0.15, 0.2) is 12.2 Å². The van der Waals surface area contributed by atoms with Crippen LogP contribution in [0.4, 0.5) is 0 Å². The molecule has 1 N–H and O–H groups in total. The third kappa shape index (κ3) is 2.25. The minimum absolute atomic E-state index is 0.400. The lowest BCUT2D eigenvalue weighted by Gasteiger charge is -2.22. The van der Waals surface area contributed by atoms with Gasteiger partial charge < -0.3 is 5.32 Å². The highest BCUT2D eigenvalue weighted by Crippen LogP contribution is 2.43. The number of fused-ring (bicyclic) bond motifs is 2. The molecule has 1 fully saturated rings. The van der Waals surface area contributed by atoms with Crippen molar-refractivity contribution in [3.63, 3.8) is 0 Å². The Bertz CT molecular complexity index is 500. The van der Waals surface area contributed by atoms with Gasteiger partial charge in [0, 0.05) is 24.3 Å². The Kier molecular flexibility index (Phi) is 3.25. The van der Waals surface area contributed by atoms with Gasteiger partial charge in [0.15, 0.2) is 0 Å². The van der Waals surface area contributed by atoms with Gasteiger partial charge in [-0.1, -0.05) is 12.2 Å². The number of nitrogens with one attached hydrogen (secondary N) is 1. The fourth-order valence-electron chi connectivity index (χ4n) is 3.98. The van der Waals surface area contributed by atoms with Crippen LogP contribution in [0.2, 0.25) is 0 Å². The van der Waals surface area contributed by atoms with Crippen molar-refractivity contribution in [2.45, 2.75) is 39.7 Å². The SMILES string of the molecule is Cc1nn(C)c(C)c1C(C)NCC1CC2C=CC1C2. The largest absolute Gasteiger partial charge is 0.310 e. The normalized spacial score (nSPS) is 30.2. The monoisotopic (exact) mass is 259 g/mol. The number of rotatable bonds is 4. The number of allylic oxidation sites excluding steroid dienone is 2. The summed E-state index contributed by atoms with van der Waals surface area (Å²) in [5.74, 6) is 2.55. The number of aryl methyl sites for hydroxylation is 2. The second-order valence-corrected chi connectivity index (χ2v) is 6.38. The minimum Gasteiger partial charge on any atom is -0.310 e. The van der Waals surface area contributed by atoms with Crippen molar-refractivity contribution in [1.82, 2.24) is 15.1 Å². The quantitative estimate of drug-likeness (QED) is 0.843. The first-order valence-electron chi connectivity index (χ1n) is 7.48. The van der Waals surface area contributed by atoms with Crippen molar-refractivity contribution >= 4 is 0 Å². The fourth-order valence-corrected chi connectivity index (χ4v) is 3.98. The minimum atomic E-state index is 0.400. The molecule has 1 aromatic heterocycles. The average Bonchev–Trinajstić information content (AvgIpc) is 3.03. The number of hydrogen-bond donors (Lipinski definition) is 1. The molecule has 0 saturated heterocycles. The van der Waals surface area contributed by atoms with Crippen molar-refractivity contribution < 1.29 is 0 Å². The Morgan fingerprint density at radius 1 is 1.37 bits per heavy atom. The summed E-state index contributed by atoms with van der Waals surface area (Å²) in [6, 6.07) is 0.400. The molecule has 2 aliphatic carbocycles. The molecular weight excluding hydrogens is 234 g/mol. The molecular formula is C16H25N3. The second-order valence-electron chi connectivity index (χ2n) is 6.38. The first kappa shape index (κ1) is 12.9. The number of aromatic nitrogens is 2. The maximum absolute atomic E-state index is 4.52. The van der Waals surface area contributed by atoms with Crippen LogP contribution < -0.4 is 5.32 Å². The lowest BCUT2D eigenvalue weighted by Crippen LogP contribution is -2.28. The van der Waals surface area contributed by atoms with E-state index in [1.54, 1.807) is 0 Å². The summed E-state index contributed by atoms with van der Waals surface area (Å²) in [6.07, 6.45) is 7.63. The van der Waals surface area contributed by atoms with E-state index in [1.807, 2.05) is 11.7 Å². The smallest absolute Gasteiger partial charge is 0.0644 e. The highest BCUT2D eigenvalue weighted by molar-refractivity contribution is 5.27. The van der Waals surface area contributed by atoms with Crippen molar-refractivity contribution in [3.05, 3.63) is 29.1 Å².